The summed E-state index contributed by atoms with van der Waals surface area (Å²) in [5.74, 6) is -0.548. The molecule has 1 aromatic heterocycles. The van der Waals surface area contributed by atoms with E-state index in [0.29, 0.717) is 15.6 Å². The van der Waals surface area contributed by atoms with Crippen molar-refractivity contribution in [2.45, 2.75) is 6.61 Å². The van der Waals surface area contributed by atoms with Crippen LogP contribution in [0.1, 0.15) is 15.9 Å². The number of benzene rings is 1. The van der Waals surface area contributed by atoms with E-state index in [4.69, 9.17) is 33.7 Å². The monoisotopic (exact) mass is 296 g/mol. The maximum absolute atomic E-state index is 11.9. The van der Waals surface area contributed by atoms with Gasteiger partial charge < -0.3 is 10.5 Å². The highest BCUT2D eigenvalue weighted by atomic mass is 35.5. The Hall–Kier alpha value is -1.78. The third-order valence-corrected chi connectivity index (χ3v) is 3.16. The molecule has 0 saturated heterocycles. The Labute approximate surface area is 120 Å². The SMILES string of the molecule is Nc1c(Cl)cccc1C(=O)OCc1ccncc1Cl. The number of ether oxygens (including phenoxy) is 1. The summed E-state index contributed by atoms with van der Waals surface area (Å²) in [5.41, 5.74) is 6.82. The molecule has 0 unspecified atom stereocenters. The molecule has 0 aliphatic heterocycles. The van der Waals surface area contributed by atoms with E-state index in [2.05, 4.69) is 4.98 Å². The molecule has 0 aliphatic rings. The summed E-state index contributed by atoms with van der Waals surface area (Å²) in [6.45, 7) is 0.0478. The van der Waals surface area contributed by atoms with E-state index in [9.17, 15) is 4.79 Å². The van der Waals surface area contributed by atoms with Gasteiger partial charge in [0.05, 0.1) is 21.3 Å². The van der Waals surface area contributed by atoms with Crippen molar-refractivity contribution in [3.8, 4) is 0 Å². The van der Waals surface area contributed by atoms with Gasteiger partial charge in [-0.15, -0.1) is 0 Å². The average molecular weight is 297 g/mol. The molecule has 0 bridgehead atoms. The average Bonchev–Trinajstić information content (AvgIpc) is 2.40. The quantitative estimate of drug-likeness (QED) is 0.697. The predicted octanol–water partition coefficient (Wildman–Crippen LogP) is 3.33. The summed E-state index contributed by atoms with van der Waals surface area (Å²) in [5, 5.41) is 0.755. The Bertz CT molecular complexity index is 617. The lowest BCUT2D eigenvalue weighted by atomic mass is 10.2. The number of hydrogen-bond donors (Lipinski definition) is 1. The van der Waals surface area contributed by atoms with Crippen LogP contribution in [-0.4, -0.2) is 11.0 Å². The van der Waals surface area contributed by atoms with Crippen molar-refractivity contribution in [3.05, 3.63) is 57.8 Å². The minimum absolute atomic E-state index is 0.0478. The second-order valence-corrected chi connectivity index (χ2v) is 4.56. The van der Waals surface area contributed by atoms with Crippen molar-refractivity contribution >= 4 is 34.9 Å². The Morgan fingerprint density at radius 2 is 2.05 bits per heavy atom. The first-order valence-electron chi connectivity index (χ1n) is 5.39. The van der Waals surface area contributed by atoms with Crippen molar-refractivity contribution in [2.75, 3.05) is 5.73 Å². The van der Waals surface area contributed by atoms with Gasteiger partial charge in [-0.3, -0.25) is 4.98 Å². The zero-order valence-corrected chi connectivity index (χ0v) is 11.3. The molecule has 0 atom stereocenters. The van der Waals surface area contributed by atoms with E-state index >= 15 is 0 Å². The Morgan fingerprint density at radius 3 is 2.79 bits per heavy atom. The zero-order valence-electron chi connectivity index (χ0n) is 9.77. The molecule has 0 radical (unpaired) electrons. The number of nitrogens with two attached hydrogens (primary N) is 1. The maximum atomic E-state index is 11.9. The fourth-order valence-corrected chi connectivity index (χ4v) is 1.81. The van der Waals surface area contributed by atoms with Crippen LogP contribution >= 0.6 is 23.2 Å². The maximum Gasteiger partial charge on any atom is 0.340 e. The van der Waals surface area contributed by atoms with Gasteiger partial charge in [0.1, 0.15) is 6.61 Å². The van der Waals surface area contributed by atoms with Gasteiger partial charge in [0.15, 0.2) is 0 Å². The van der Waals surface area contributed by atoms with Crippen molar-refractivity contribution in [2.24, 2.45) is 0 Å². The molecule has 2 rings (SSSR count). The summed E-state index contributed by atoms with van der Waals surface area (Å²) in [7, 11) is 0. The molecule has 6 heteroatoms. The molecule has 1 aromatic carbocycles. The van der Waals surface area contributed by atoms with E-state index < -0.39 is 5.97 Å². The number of nitrogens with zero attached hydrogens (tertiary/aromatic N) is 1. The molecule has 0 fully saturated rings. The largest absolute Gasteiger partial charge is 0.457 e. The smallest absolute Gasteiger partial charge is 0.340 e. The Morgan fingerprint density at radius 1 is 1.26 bits per heavy atom. The van der Waals surface area contributed by atoms with Crippen LogP contribution in [0.25, 0.3) is 0 Å². The Kier molecular flexibility index (Phi) is 4.24. The number of anilines is 1. The third-order valence-electron chi connectivity index (χ3n) is 2.49. The van der Waals surface area contributed by atoms with E-state index in [1.54, 1.807) is 30.5 Å². The number of aromatic nitrogens is 1. The number of esters is 1. The lowest BCUT2D eigenvalue weighted by Crippen LogP contribution is -2.08. The van der Waals surface area contributed by atoms with Gasteiger partial charge in [-0.2, -0.15) is 0 Å². The van der Waals surface area contributed by atoms with Gasteiger partial charge in [0.25, 0.3) is 0 Å². The molecular weight excluding hydrogens is 287 g/mol. The van der Waals surface area contributed by atoms with E-state index in [1.807, 2.05) is 0 Å². The van der Waals surface area contributed by atoms with Crippen molar-refractivity contribution < 1.29 is 9.53 Å². The summed E-state index contributed by atoms with van der Waals surface area (Å²) in [4.78, 5) is 15.7. The number of rotatable bonds is 3. The first kappa shape index (κ1) is 13.6. The van der Waals surface area contributed by atoms with Gasteiger partial charge in [-0.05, 0) is 18.2 Å². The third kappa shape index (κ3) is 3.16. The van der Waals surface area contributed by atoms with Crippen LogP contribution in [0.3, 0.4) is 0 Å². The predicted molar refractivity (Wildman–Crippen MR) is 74.2 cm³/mol. The molecule has 0 amide bonds. The Balaban J connectivity index is 2.10. The highest BCUT2D eigenvalue weighted by Crippen LogP contribution is 2.23. The molecule has 2 aromatic rings. The van der Waals surface area contributed by atoms with Crippen LogP contribution in [0.2, 0.25) is 10.0 Å². The van der Waals surface area contributed by atoms with Crippen LogP contribution in [0.5, 0.6) is 0 Å². The number of pyridine rings is 1. The molecule has 0 saturated carbocycles. The van der Waals surface area contributed by atoms with Gasteiger partial charge in [0.2, 0.25) is 0 Å². The second-order valence-electron chi connectivity index (χ2n) is 3.74. The molecule has 2 N–H and O–H groups in total. The summed E-state index contributed by atoms with van der Waals surface area (Å²) < 4.78 is 5.14. The van der Waals surface area contributed by atoms with Crippen LogP contribution in [0.4, 0.5) is 5.69 Å². The molecule has 4 nitrogen and oxygen atoms in total. The molecular formula is C13H10Cl2N2O2. The molecule has 98 valence electrons. The first-order chi connectivity index (χ1) is 9.09. The van der Waals surface area contributed by atoms with Gasteiger partial charge in [-0.1, -0.05) is 29.3 Å². The summed E-state index contributed by atoms with van der Waals surface area (Å²) in [6, 6.07) is 6.47. The van der Waals surface area contributed by atoms with Crippen LogP contribution in [-0.2, 0) is 11.3 Å². The van der Waals surface area contributed by atoms with Crippen LogP contribution in [0.15, 0.2) is 36.7 Å². The molecule has 1 heterocycles. The van der Waals surface area contributed by atoms with Gasteiger partial charge >= 0.3 is 5.97 Å². The van der Waals surface area contributed by atoms with Crippen LogP contribution in [0, 0.1) is 0 Å². The van der Waals surface area contributed by atoms with E-state index in [-0.39, 0.29) is 17.9 Å². The van der Waals surface area contributed by atoms with Gasteiger partial charge in [-0.25, -0.2) is 4.79 Å². The summed E-state index contributed by atoms with van der Waals surface area (Å²) >= 11 is 11.7. The minimum Gasteiger partial charge on any atom is -0.457 e. The summed E-state index contributed by atoms with van der Waals surface area (Å²) in [6.07, 6.45) is 3.06. The number of para-hydroxylation sites is 1. The number of carbonyl (C=O) groups is 1. The van der Waals surface area contributed by atoms with Crippen LogP contribution < -0.4 is 5.73 Å². The molecule has 0 spiro atoms. The van der Waals surface area contributed by atoms with E-state index in [1.165, 1.54) is 6.20 Å². The molecule has 19 heavy (non-hydrogen) atoms. The van der Waals surface area contributed by atoms with Gasteiger partial charge in [0, 0.05) is 18.0 Å². The normalized spacial score (nSPS) is 10.2. The topological polar surface area (TPSA) is 65.2 Å². The highest BCUT2D eigenvalue weighted by Gasteiger charge is 2.13. The number of nitrogen functional groups attached to an aromatic ring is 1. The van der Waals surface area contributed by atoms with Crippen molar-refractivity contribution in [1.29, 1.82) is 0 Å². The molecule has 0 aliphatic carbocycles. The first-order valence-corrected chi connectivity index (χ1v) is 6.14. The van der Waals surface area contributed by atoms with Crippen molar-refractivity contribution in [1.82, 2.24) is 4.98 Å². The zero-order chi connectivity index (χ0) is 13.8. The lowest BCUT2D eigenvalue weighted by molar-refractivity contribution is 0.0474. The number of halogens is 2. The number of hydrogen-bond acceptors (Lipinski definition) is 4. The highest BCUT2D eigenvalue weighted by molar-refractivity contribution is 6.33. The lowest BCUT2D eigenvalue weighted by Gasteiger charge is -2.08. The van der Waals surface area contributed by atoms with E-state index in [0.717, 1.165) is 0 Å². The standard InChI is InChI=1S/C13H10Cl2N2O2/c14-10-3-1-2-9(12(10)16)13(18)19-7-8-4-5-17-6-11(8)15/h1-6H,7,16H2. The second kappa shape index (κ2) is 5.91. The fraction of sp³-hybridized carbons (Fsp3) is 0.0769. The number of carbonyl (C=O) groups excluding carboxylic acids is 1. The fourth-order valence-electron chi connectivity index (χ4n) is 1.46. The minimum atomic E-state index is -0.548. The van der Waals surface area contributed by atoms with Crippen molar-refractivity contribution in [3.63, 3.8) is 0 Å².